The third-order valence-electron chi connectivity index (χ3n) is 6.56. The second-order valence-corrected chi connectivity index (χ2v) is 10.9. The lowest BCUT2D eigenvalue weighted by Gasteiger charge is -2.27. The molecular formula is C32H28N2O5S. The van der Waals surface area contributed by atoms with Gasteiger partial charge in [-0.2, -0.15) is 0 Å². The number of benzene rings is 3. The molecule has 4 aromatic rings. The molecule has 0 saturated carbocycles. The molecule has 3 aromatic carbocycles. The molecule has 8 heteroatoms. The Balaban J connectivity index is 1.57. The van der Waals surface area contributed by atoms with E-state index in [1.807, 2.05) is 61.5 Å². The first-order valence-electron chi connectivity index (χ1n) is 12.9. The summed E-state index contributed by atoms with van der Waals surface area (Å²) in [6.45, 7) is 7.20. The maximum absolute atomic E-state index is 14.1. The van der Waals surface area contributed by atoms with Crippen molar-refractivity contribution in [1.29, 1.82) is 0 Å². The van der Waals surface area contributed by atoms with Crippen molar-refractivity contribution in [2.75, 3.05) is 4.90 Å². The molecule has 1 unspecified atom stereocenters. The van der Waals surface area contributed by atoms with Gasteiger partial charge < -0.3 is 9.84 Å². The summed E-state index contributed by atoms with van der Waals surface area (Å²) in [7, 11) is 0. The number of thiazole rings is 1. The van der Waals surface area contributed by atoms with E-state index in [0.717, 1.165) is 11.1 Å². The summed E-state index contributed by atoms with van der Waals surface area (Å²) in [5, 5.41) is 11.8. The van der Waals surface area contributed by atoms with E-state index in [-0.39, 0.29) is 11.7 Å². The summed E-state index contributed by atoms with van der Waals surface area (Å²) >= 11 is 1.23. The molecule has 202 valence electrons. The number of hydrogen-bond acceptors (Lipinski definition) is 7. The van der Waals surface area contributed by atoms with Crippen LogP contribution in [-0.2, 0) is 9.53 Å². The Bertz CT molecular complexity index is 1640. The lowest BCUT2D eigenvalue weighted by molar-refractivity contribution is -0.117. The minimum Gasteiger partial charge on any atom is -0.503 e. The maximum Gasteiger partial charge on any atom is 0.338 e. The summed E-state index contributed by atoms with van der Waals surface area (Å²) in [5.41, 5.74) is 3.77. The number of rotatable bonds is 7. The Morgan fingerprint density at radius 2 is 1.68 bits per heavy atom. The van der Waals surface area contributed by atoms with Gasteiger partial charge in [0.05, 0.1) is 33.9 Å². The lowest BCUT2D eigenvalue weighted by atomic mass is 9.94. The highest BCUT2D eigenvalue weighted by atomic mass is 32.1. The topological polar surface area (TPSA) is 96.8 Å². The van der Waals surface area contributed by atoms with Crippen LogP contribution in [-0.4, -0.2) is 33.9 Å². The van der Waals surface area contributed by atoms with E-state index < -0.39 is 29.5 Å². The molecule has 1 aliphatic heterocycles. The number of carbonyl (C=O) groups excluding carboxylic acids is 3. The summed E-state index contributed by atoms with van der Waals surface area (Å²) in [5.74, 6) is -2.22. The molecule has 1 aromatic heterocycles. The predicted molar refractivity (Wildman–Crippen MR) is 155 cm³/mol. The molecule has 2 heterocycles. The van der Waals surface area contributed by atoms with Gasteiger partial charge in [0.1, 0.15) is 5.01 Å². The molecule has 40 heavy (non-hydrogen) atoms. The Morgan fingerprint density at radius 3 is 2.33 bits per heavy atom. The van der Waals surface area contributed by atoms with E-state index in [1.54, 1.807) is 45.0 Å². The van der Waals surface area contributed by atoms with Crippen molar-refractivity contribution in [2.24, 2.45) is 0 Å². The number of aromatic nitrogens is 1. The molecule has 0 aliphatic carbocycles. The highest BCUT2D eigenvalue weighted by molar-refractivity contribution is 7.17. The molecule has 7 nitrogen and oxygen atoms in total. The average Bonchev–Trinajstić information content (AvgIpc) is 3.45. The summed E-state index contributed by atoms with van der Waals surface area (Å²) in [4.78, 5) is 46.3. The quantitative estimate of drug-likeness (QED) is 0.201. The molecule has 0 radical (unpaired) electrons. The number of hydrogen-bond donors (Lipinski definition) is 1. The first-order valence-corrected chi connectivity index (χ1v) is 13.7. The van der Waals surface area contributed by atoms with Crippen LogP contribution in [0.2, 0.25) is 0 Å². The molecule has 0 bridgehead atoms. The molecular weight excluding hydrogens is 524 g/mol. The van der Waals surface area contributed by atoms with Crippen molar-refractivity contribution >= 4 is 34.7 Å². The van der Waals surface area contributed by atoms with Crippen LogP contribution in [0, 0.1) is 13.8 Å². The summed E-state index contributed by atoms with van der Waals surface area (Å²) < 4.78 is 5.27. The van der Waals surface area contributed by atoms with Crippen molar-refractivity contribution in [3.8, 4) is 10.6 Å². The smallest absolute Gasteiger partial charge is 0.338 e. The number of aryl methyl sites for hydroxylation is 2. The van der Waals surface area contributed by atoms with Crippen molar-refractivity contribution in [3.05, 3.63) is 117 Å². The molecule has 1 N–H and O–H groups in total. The van der Waals surface area contributed by atoms with Crippen molar-refractivity contribution in [3.63, 3.8) is 0 Å². The molecule has 0 saturated heterocycles. The van der Waals surface area contributed by atoms with Gasteiger partial charge in [-0.25, -0.2) is 9.78 Å². The lowest BCUT2D eigenvalue weighted by Crippen LogP contribution is -2.31. The predicted octanol–water partition coefficient (Wildman–Crippen LogP) is 6.78. The number of aliphatic hydroxyl groups excluding tert-OH is 1. The van der Waals surface area contributed by atoms with E-state index in [9.17, 15) is 19.5 Å². The zero-order valence-corrected chi connectivity index (χ0v) is 23.4. The molecule has 1 atom stereocenters. The third kappa shape index (κ3) is 5.05. The van der Waals surface area contributed by atoms with Crippen LogP contribution < -0.4 is 4.90 Å². The largest absolute Gasteiger partial charge is 0.503 e. The van der Waals surface area contributed by atoms with Gasteiger partial charge in [0.25, 0.3) is 5.91 Å². The number of Topliss-reactive ketones (excluding diaryl/α,β-unsaturated/α-hetero) is 1. The third-order valence-corrected chi connectivity index (χ3v) is 7.76. The Kier molecular flexibility index (Phi) is 7.36. The van der Waals surface area contributed by atoms with Crippen LogP contribution in [0.3, 0.4) is 0 Å². The van der Waals surface area contributed by atoms with Crippen LogP contribution in [0.25, 0.3) is 10.6 Å². The second-order valence-electron chi connectivity index (χ2n) is 9.88. The molecule has 1 amide bonds. The van der Waals surface area contributed by atoms with E-state index >= 15 is 0 Å². The van der Waals surface area contributed by atoms with E-state index in [0.29, 0.717) is 32.4 Å². The van der Waals surface area contributed by atoms with Gasteiger partial charge in [0.2, 0.25) is 5.78 Å². The highest BCUT2D eigenvalue weighted by Crippen LogP contribution is 2.43. The molecule has 1 aliphatic rings. The van der Waals surface area contributed by atoms with E-state index in [4.69, 9.17) is 4.74 Å². The zero-order valence-electron chi connectivity index (χ0n) is 22.5. The number of amides is 1. The van der Waals surface area contributed by atoms with Gasteiger partial charge in [-0.3, -0.25) is 14.5 Å². The Hall–Kier alpha value is -4.56. The number of ketones is 1. The fraction of sp³-hybridized carbons (Fsp3) is 0.188. The van der Waals surface area contributed by atoms with Gasteiger partial charge in [0, 0.05) is 11.3 Å². The molecule has 5 rings (SSSR count). The minimum absolute atomic E-state index is 0.00902. The van der Waals surface area contributed by atoms with Crippen molar-refractivity contribution < 1.29 is 24.2 Å². The number of nitrogens with zero attached hydrogens (tertiary/aromatic N) is 2. The summed E-state index contributed by atoms with van der Waals surface area (Å²) in [6, 6.07) is 22.5. The summed E-state index contributed by atoms with van der Waals surface area (Å²) in [6.07, 6.45) is -0.273. The Morgan fingerprint density at radius 1 is 0.975 bits per heavy atom. The Labute approximate surface area is 236 Å². The van der Waals surface area contributed by atoms with Crippen molar-refractivity contribution in [1.82, 2.24) is 4.98 Å². The fourth-order valence-electron chi connectivity index (χ4n) is 4.73. The number of esters is 1. The van der Waals surface area contributed by atoms with E-state index in [2.05, 4.69) is 4.98 Å². The van der Waals surface area contributed by atoms with Crippen LogP contribution in [0.1, 0.15) is 56.7 Å². The van der Waals surface area contributed by atoms with Gasteiger partial charge in [-0.05, 0) is 57.5 Å². The number of aliphatic hydroxyl groups is 1. The van der Waals surface area contributed by atoms with Crippen LogP contribution in [0.5, 0.6) is 0 Å². The highest BCUT2D eigenvalue weighted by Gasteiger charge is 2.45. The average molecular weight is 553 g/mol. The number of anilines is 1. The molecule has 0 spiro atoms. The van der Waals surface area contributed by atoms with Crippen LogP contribution >= 0.6 is 11.3 Å². The fourth-order valence-corrected chi connectivity index (χ4v) is 5.76. The van der Waals surface area contributed by atoms with Crippen molar-refractivity contribution in [2.45, 2.75) is 39.8 Å². The zero-order chi connectivity index (χ0) is 28.6. The minimum atomic E-state index is -0.880. The van der Waals surface area contributed by atoms with Gasteiger partial charge in [-0.15, -0.1) is 11.3 Å². The first-order chi connectivity index (χ1) is 19.2. The standard InChI is InChI=1S/C32H28N2O5S/c1-18(2)39-32(38)22-13-15-24(16-14-22)34-26(23-12-8-9-19(3)17-23)25(28(36)31(34)37)27(35)29-20(4)33-30(40-29)21-10-6-5-7-11-21/h5-18,26,36H,1-4H3. The number of carbonyl (C=O) groups is 3. The normalized spacial score (nSPS) is 15.2. The van der Waals surface area contributed by atoms with Crippen LogP contribution in [0.15, 0.2) is 90.2 Å². The van der Waals surface area contributed by atoms with Gasteiger partial charge >= 0.3 is 5.97 Å². The van der Waals surface area contributed by atoms with Crippen LogP contribution in [0.4, 0.5) is 5.69 Å². The SMILES string of the molecule is Cc1cccc(C2C(C(=O)c3sc(-c4ccccc4)nc3C)=C(O)C(=O)N2c2ccc(C(=O)OC(C)C)cc2)c1. The maximum atomic E-state index is 14.1. The number of ether oxygens (including phenoxy) is 1. The van der Waals surface area contributed by atoms with E-state index in [1.165, 1.54) is 16.2 Å². The monoisotopic (exact) mass is 552 g/mol. The molecule has 0 fully saturated rings. The van der Waals surface area contributed by atoms with Gasteiger partial charge in [-0.1, -0.05) is 60.2 Å². The first kappa shape index (κ1) is 27.0. The van der Waals surface area contributed by atoms with Gasteiger partial charge in [0.15, 0.2) is 5.76 Å². The second kappa shape index (κ2) is 10.9.